The Morgan fingerprint density at radius 3 is 2.58 bits per heavy atom. The quantitative estimate of drug-likeness (QED) is 0.610. The molecule has 1 aromatic carbocycles. The highest BCUT2D eigenvalue weighted by molar-refractivity contribution is 9.10. The molecule has 2 amide bonds. The van der Waals surface area contributed by atoms with Gasteiger partial charge in [-0.15, -0.1) is 0 Å². The molecule has 4 N–H and O–H groups in total. The van der Waals surface area contributed by atoms with Gasteiger partial charge in [0.1, 0.15) is 0 Å². The van der Waals surface area contributed by atoms with Crippen molar-refractivity contribution >= 4 is 50.1 Å². The maximum Gasteiger partial charge on any atom is 0.249 e. The monoisotopic (exact) mass is 515 g/mol. The third-order valence-electron chi connectivity index (χ3n) is 6.85. The first-order valence-corrected chi connectivity index (χ1v) is 12.1. The molecule has 2 aromatic rings. The number of amides is 2. The molecule has 9 heteroatoms. The maximum absolute atomic E-state index is 13.2. The lowest BCUT2D eigenvalue weighted by Crippen LogP contribution is -2.47. The van der Waals surface area contributed by atoms with Crippen LogP contribution in [0.25, 0.3) is 16.5 Å². The maximum atomic E-state index is 13.2. The Morgan fingerprint density at radius 2 is 1.94 bits per heavy atom. The third kappa shape index (κ3) is 3.92. The highest BCUT2D eigenvalue weighted by atomic mass is 79.9. The first-order valence-electron chi connectivity index (χ1n) is 11.3. The van der Waals surface area contributed by atoms with Crippen LogP contribution in [0.2, 0.25) is 0 Å². The summed E-state index contributed by atoms with van der Waals surface area (Å²) in [6, 6.07) is 4.92. The van der Waals surface area contributed by atoms with Crippen LogP contribution in [0.1, 0.15) is 36.2 Å². The summed E-state index contributed by atoms with van der Waals surface area (Å²) < 4.78 is 2.21. The fraction of sp³-hybridized carbons (Fsp3) is 0.458. The number of hydrogen-bond donors (Lipinski definition) is 2. The van der Waals surface area contributed by atoms with E-state index >= 15 is 0 Å². The van der Waals surface area contributed by atoms with Crippen LogP contribution in [0.3, 0.4) is 0 Å². The Labute approximate surface area is 201 Å². The average molecular weight is 516 g/mol. The summed E-state index contributed by atoms with van der Waals surface area (Å²) in [6.07, 6.45) is 2.61. The predicted octanol–water partition coefficient (Wildman–Crippen LogP) is 1.98. The fourth-order valence-corrected chi connectivity index (χ4v) is 5.93. The van der Waals surface area contributed by atoms with Gasteiger partial charge in [0.05, 0.1) is 28.5 Å². The molecule has 1 aliphatic carbocycles. The Balaban J connectivity index is 1.84. The molecule has 4 rings (SSSR count). The minimum absolute atomic E-state index is 0.102. The standard InChI is InChI=1S/C24H30BrN5O3/c1-4-29(5-2)23(32)13-9-15-14-7-6-8-18-21(14)16(10-19(15)28(3)12-13)22(25)30(18)24(33)17(26)11-20(27)31/h6-9,13,17,19H,4-5,10-12,26H2,1-3H3,(H2,27,31)/t13-,17+,19-/m1/s1. The van der Waals surface area contributed by atoms with Crippen molar-refractivity contribution in [3.05, 3.63) is 40.0 Å². The number of likely N-dealkylation sites (N-methyl/N-ethyl adjacent to an activating group) is 1. The molecule has 2 heterocycles. The number of nitrogens with two attached hydrogens (primary N) is 2. The lowest BCUT2D eigenvalue weighted by atomic mass is 9.79. The molecule has 0 spiro atoms. The van der Waals surface area contributed by atoms with Crippen LogP contribution in [0.4, 0.5) is 0 Å². The van der Waals surface area contributed by atoms with Crippen LogP contribution in [-0.4, -0.2) is 70.9 Å². The number of nitrogens with zero attached hydrogens (tertiary/aromatic N) is 3. The third-order valence-corrected chi connectivity index (χ3v) is 7.68. The SMILES string of the molecule is CCN(CC)C(=O)[C@@H]1C=C2c3cccc4c3c(c(Br)n4C(=O)[C@@H](N)CC(N)=O)C[C@H]2N(C)C1. The van der Waals surface area contributed by atoms with Crippen LogP contribution < -0.4 is 11.5 Å². The highest BCUT2D eigenvalue weighted by Gasteiger charge is 2.38. The molecule has 1 aliphatic heterocycles. The number of primary amides is 1. The number of halogens is 1. The normalized spacial score (nSPS) is 20.8. The van der Waals surface area contributed by atoms with E-state index in [1.54, 1.807) is 4.57 Å². The summed E-state index contributed by atoms with van der Waals surface area (Å²) in [6.45, 7) is 6.02. The first-order chi connectivity index (χ1) is 15.7. The minimum atomic E-state index is -1.02. The first kappa shape index (κ1) is 23.7. The lowest BCUT2D eigenvalue weighted by molar-refractivity contribution is -0.134. The van der Waals surface area contributed by atoms with Crippen molar-refractivity contribution in [2.24, 2.45) is 17.4 Å². The van der Waals surface area contributed by atoms with Crippen LogP contribution >= 0.6 is 15.9 Å². The zero-order chi connectivity index (χ0) is 24.0. The van der Waals surface area contributed by atoms with Crippen LogP contribution in [0, 0.1) is 5.92 Å². The number of aromatic nitrogens is 1. The van der Waals surface area contributed by atoms with Gasteiger partial charge in [-0.3, -0.25) is 23.9 Å². The van der Waals surface area contributed by atoms with Gasteiger partial charge in [0, 0.05) is 31.1 Å². The summed E-state index contributed by atoms with van der Waals surface area (Å²) in [4.78, 5) is 41.7. The summed E-state index contributed by atoms with van der Waals surface area (Å²) in [7, 11) is 2.05. The summed E-state index contributed by atoms with van der Waals surface area (Å²) in [5, 5.41) is 0.982. The van der Waals surface area contributed by atoms with Gasteiger partial charge in [-0.1, -0.05) is 18.2 Å². The minimum Gasteiger partial charge on any atom is -0.370 e. The molecular formula is C24H30BrN5O3. The summed E-state index contributed by atoms with van der Waals surface area (Å²) >= 11 is 3.64. The van der Waals surface area contributed by atoms with Gasteiger partial charge < -0.3 is 16.4 Å². The van der Waals surface area contributed by atoms with Gasteiger partial charge in [-0.05, 0) is 66.0 Å². The van der Waals surface area contributed by atoms with Crippen molar-refractivity contribution in [2.45, 2.75) is 38.8 Å². The van der Waals surface area contributed by atoms with E-state index < -0.39 is 11.9 Å². The van der Waals surface area contributed by atoms with E-state index in [-0.39, 0.29) is 30.2 Å². The molecule has 0 saturated heterocycles. The molecule has 0 bridgehead atoms. The predicted molar refractivity (Wildman–Crippen MR) is 132 cm³/mol. The molecule has 176 valence electrons. The second-order valence-electron chi connectivity index (χ2n) is 8.82. The highest BCUT2D eigenvalue weighted by Crippen LogP contribution is 2.45. The van der Waals surface area contributed by atoms with Crippen LogP contribution in [0.15, 0.2) is 28.9 Å². The molecule has 3 atom stereocenters. The Bertz CT molecular complexity index is 1170. The summed E-state index contributed by atoms with van der Waals surface area (Å²) in [5.74, 6) is -1.07. The van der Waals surface area contributed by atoms with Gasteiger partial charge in [0.15, 0.2) is 0 Å². The molecule has 33 heavy (non-hydrogen) atoms. The zero-order valence-electron chi connectivity index (χ0n) is 19.2. The number of rotatable bonds is 6. The van der Waals surface area contributed by atoms with E-state index in [1.807, 2.05) is 44.0 Å². The smallest absolute Gasteiger partial charge is 0.249 e. The van der Waals surface area contributed by atoms with Crippen molar-refractivity contribution < 1.29 is 14.4 Å². The number of benzene rings is 1. The van der Waals surface area contributed by atoms with E-state index in [0.29, 0.717) is 30.7 Å². The van der Waals surface area contributed by atoms with Crippen molar-refractivity contribution in [3.8, 4) is 0 Å². The molecule has 1 aromatic heterocycles. The van der Waals surface area contributed by atoms with Gasteiger partial charge in [0.25, 0.3) is 0 Å². The summed E-state index contributed by atoms with van der Waals surface area (Å²) in [5.41, 5.74) is 15.2. The van der Waals surface area contributed by atoms with Crippen LogP contribution in [-0.2, 0) is 16.0 Å². The van der Waals surface area contributed by atoms with Gasteiger partial charge in [0.2, 0.25) is 17.7 Å². The average Bonchev–Trinajstić information content (AvgIpc) is 3.06. The Hall–Kier alpha value is -2.49. The van der Waals surface area contributed by atoms with E-state index in [0.717, 1.165) is 27.6 Å². The van der Waals surface area contributed by atoms with Gasteiger partial charge >= 0.3 is 0 Å². The molecule has 2 aliphatic rings. The lowest BCUT2D eigenvalue weighted by Gasteiger charge is -2.40. The fourth-order valence-electron chi connectivity index (χ4n) is 5.20. The van der Waals surface area contributed by atoms with Crippen molar-refractivity contribution in [1.82, 2.24) is 14.4 Å². The number of fused-ring (bicyclic) bond motifs is 2. The van der Waals surface area contributed by atoms with E-state index in [2.05, 4.69) is 26.9 Å². The number of hydrogen-bond acceptors (Lipinski definition) is 5. The number of carbonyl (C=O) groups excluding carboxylic acids is 3. The van der Waals surface area contributed by atoms with E-state index in [1.165, 1.54) is 0 Å². The van der Waals surface area contributed by atoms with Crippen molar-refractivity contribution in [1.29, 1.82) is 0 Å². The second-order valence-corrected chi connectivity index (χ2v) is 9.57. The van der Waals surface area contributed by atoms with E-state index in [4.69, 9.17) is 11.5 Å². The molecular weight excluding hydrogens is 486 g/mol. The topological polar surface area (TPSA) is 115 Å². The van der Waals surface area contributed by atoms with Crippen molar-refractivity contribution in [2.75, 3.05) is 26.7 Å². The zero-order valence-corrected chi connectivity index (χ0v) is 20.8. The Kier molecular flexibility index (Phi) is 6.48. The van der Waals surface area contributed by atoms with Crippen molar-refractivity contribution in [3.63, 3.8) is 0 Å². The van der Waals surface area contributed by atoms with E-state index in [9.17, 15) is 14.4 Å². The molecule has 8 nitrogen and oxygen atoms in total. The molecule has 0 radical (unpaired) electrons. The Morgan fingerprint density at radius 1 is 1.24 bits per heavy atom. The van der Waals surface area contributed by atoms with Gasteiger partial charge in [-0.2, -0.15) is 0 Å². The molecule has 0 saturated carbocycles. The van der Waals surface area contributed by atoms with Crippen LogP contribution in [0.5, 0.6) is 0 Å². The second kappa shape index (κ2) is 9.04. The molecule has 0 fully saturated rings. The van der Waals surface area contributed by atoms with Gasteiger partial charge in [-0.25, -0.2) is 0 Å². The number of carbonyl (C=O) groups is 3. The largest absolute Gasteiger partial charge is 0.370 e. The molecule has 0 unspecified atom stereocenters.